The van der Waals surface area contributed by atoms with Gasteiger partial charge in [0.2, 0.25) is 0 Å². The molecule has 0 aromatic heterocycles. The third-order valence-corrected chi connectivity index (χ3v) is 13.6. The molecule has 0 saturated carbocycles. The molecule has 0 aromatic carbocycles. The molecule has 0 saturated heterocycles. The van der Waals surface area contributed by atoms with Crippen LogP contribution in [0.25, 0.3) is 0 Å². The van der Waals surface area contributed by atoms with Crippen LogP contribution in [0.5, 0.6) is 0 Å². The lowest BCUT2D eigenvalue weighted by Crippen LogP contribution is -2.30. The molecule has 1 atom stereocenters. The molecular weight excluding hydrogens is 973 g/mol. The molecular formula is C73H120O6. The first-order chi connectivity index (χ1) is 39.0. The first-order valence-corrected chi connectivity index (χ1v) is 32.7. The van der Waals surface area contributed by atoms with Crippen molar-refractivity contribution in [3.05, 3.63) is 134 Å². The summed E-state index contributed by atoms with van der Waals surface area (Å²) in [5.74, 6) is -0.942. The zero-order chi connectivity index (χ0) is 57.1. The summed E-state index contributed by atoms with van der Waals surface area (Å²) in [4.78, 5) is 38.3. The lowest BCUT2D eigenvalue weighted by Gasteiger charge is -2.18. The van der Waals surface area contributed by atoms with Crippen molar-refractivity contribution in [1.82, 2.24) is 0 Å². The van der Waals surface area contributed by atoms with E-state index in [1.807, 2.05) is 0 Å². The van der Waals surface area contributed by atoms with Gasteiger partial charge in [0.25, 0.3) is 0 Å². The second-order valence-corrected chi connectivity index (χ2v) is 21.3. The van der Waals surface area contributed by atoms with Crippen LogP contribution >= 0.6 is 0 Å². The summed E-state index contributed by atoms with van der Waals surface area (Å²) in [6, 6.07) is 0. The number of hydrogen-bond acceptors (Lipinski definition) is 6. The van der Waals surface area contributed by atoms with E-state index in [4.69, 9.17) is 14.2 Å². The summed E-state index contributed by atoms with van der Waals surface area (Å²) in [6.45, 7) is 6.37. The number of carbonyl (C=O) groups excluding carboxylic acids is 3. The molecule has 0 amide bonds. The molecule has 0 aliphatic carbocycles. The molecule has 6 nitrogen and oxygen atoms in total. The largest absolute Gasteiger partial charge is 0.462 e. The van der Waals surface area contributed by atoms with Crippen molar-refractivity contribution < 1.29 is 28.6 Å². The van der Waals surface area contributed by atoms with E-state index in [2.05, 4.69) is 154 Å². The van der Waals surface area contributed by atoms with Crippen LogP contribution in [0.2, 0.25) is 0 Å². The van der Waals surface area contributed by atoms with Crippen molar-refractivity contribution in [3.63, 3.8) is 0 Å². The second-order valence-electron chi connectivity index (χ2n) is 21.3. The number of carbonyl (C=O) groups is 3. The van der Waals surface area contributed by atoms with Gasteiger partial charge in [-0.2, -0.15) is 0 Å². The average Bonchev–Trinajstić information content (AvgIpc) is 3.45. The molecule has 0 bridgehead atoms. The second kappa shape index (κ2) is 66.1. The first kappa shape index (κ1) is 74.5. The Hall–Kier alpha value is -4.45. The molecule has 0 rings (SSSR count). The normalized spacial score (nSPS) is 13.0. The molecule has 0 aliphatic heterocycles. The van der Waals surface area contributed by atoms with Crippen molar-refractivity contribution >= 4 is 17.9 Å². The van der Waals surface area contributed by atoms with E-state index >= 15 is 0 Å². The van der Waals surface area contributed by atoms with Gasteiger partial charge in [-0.1, -0.05) is 270 Å². The molecule has 448 valence electrons. The summed E-state index contributed by atoms with van der Waals surface area (Å²) in [5.41, 5.74) is 0. The fourth-order valence-electron chi connectivity index (χ4n) is 8.79. The van der Waals surface area contributed by atoms with Gasteiger partial charge >= 0.3 is 17.9 Å². The van der Waals surface area contributed by atoms with Gasteiger partial charge < -0.3 is 14.2 Å². The van der Waals surface area contributed by atoms with E-state index in [0.717, 1.165) is 141 Å². The maximum Gasteiger partial charge on any atom is 0.306 e. The zero-order valence-electron chi connectivity index (χ0n) is 51.3. The summed E-state index contributed by atoms with van der Waals surface area (Å²) >= 11 is 0. The number of esters is 3. The highest BCUT2D eigenvalue weighted by Crippen LogP contribution is 2.15. The van der Waals surface area contributed by atoms with Crippen LogP contribution < -0.4 is 0 Å². The lowest BCUT2D eigenvalue weighted by atomic mass is 10.0. The fourth-order valence-corrected chi connectivity index (χ4v) is 8.79. The molecule has 0 spiro atoms. The van der Waals surface area contributed by atoms with E-state index in [1.54, 1.807) is 0 Å². The third kappa shape index (κ3) is 64.3. The topological polar surface area (TPSA) is 78.9 Å². The van der Waals surface area contributed by atoms with Crippen LogP contribution in [-0.2, 0) is 28.6 Å². The highest BCUT2D eigenvalue weighted by atomic mass is 16.6. The van der Waals surface area contributed by atoms with E-state index < -0.39 is 6.10 Å². The highest BCUT2D eigenvalue weighted by Gasteiger charge is 2.19. The van der Waals surface area contributed by atoms with E-state index in [-0.39, 0.29) is 31.1 Å². The molecule has 79 heavy (non-hydrogen) atoms. The van der Waals surface area contributed by atoms with Gasteiger partial charge in [-0.3, -0.25) is 14.4 Å². The Morgan fingerprint density at radius 1 is 0.266 bits per heavy atom. The molecule has 0 aromatic rings. The summed E-state index contributed by atoms with van der Waals surface area (Å²) < 4.78 is 16.9. The SMILES string of the molecule is CC/C=C\C/C=C\C/C=C\C/C=C\C/C=C\C/C=C\CCCCCCCCC(=O)OCC(COC(=O)CCCCC/C=C\C/C=C\C/C=C\CC)OC(=O)CCCCCCCCCCCCC/C=C\C/C=C\CCCCCCC. The Morgan fingerprint density at radius 3 is 0.785 bits per heavy atom. The Bertz CT molecular complexity index is 1680. The molecule has 0 radical (unpaired) electrons. The number of hydrogen-bond donors (Lipinski definition) is 0. The minimum absolute atomic E-state index is 0.0995. The van der Waals surface area contributed by atoms with E-state index in [0.29, 0.717) is 19.3 Å². The maximum atomic E-state index is 12.9. The summed E-state index contributed by atoms with van der Waals surface area (Å²) in [7, 11) is 0. The Morgan fingerprint density at radius 2 is 0.494 bits per heavy atom. The van der Waals surface area contributed by atoms with Gasteiger partial charge in [0, 0.05) is 19.3 Å². The van der Waals surface area contributed by atoms with Gasteiger partial charge in [0.05, 0.1) is 0 Å². The van der Waals surface area contributed by atoms with Crippen LogP contribution in [0.15, 0.2) is 134 Å². The number of unbranched alkanes of at least 4 members (excludes halogenated alkanes) is 25. The van der Waals surface area contributed by atoms with Crippen molar-refractivity contribution in [2.45, 2.75) is 297 Å². The van der Waals surface area contributed by atoms with Crippen LogP contribution in [0, 0.1) is 0 Å². The standard InChI is InChI=1S/C73H120O6/c1-4-7-10-13-16-19-22-25-27-29-31-33-35-36-38-39-41-43-45-48-51-54-57-60-63-66-72(75)78-69-70(68-77-71(74)65-62-59-56-53-50-47-24-21-18-15-12-9-6-3)79-73(76)67-64-61-58-55-52-49-46-44-42-40-37-34-32-30-28-26-23-20-17-14-11-8-5-2/h7,9-10,12,16,18-19,21,23,25-27,30-33,36,38,41,43,47,50,70H,4-6,8,11,13-15,17,20,22,24,28-29,34-35,37,39-40,42,44-46,48-49,51-69H2,1-3H3/b10-7-,12-9-,19-16-,21-18-,26-23-,27-25-,32-30-,33-31-,38-36-,43-41-,50-47-. The van der Waals surface area contributed by atoms with E-state index in [9.17, 15) is 14.4 Å². The molecule has 0 fully saturated rings. The number of ether oxygens (including phenoxy) is 3. The molecule has 6 heteroatoms. The molecule has 1 unspecified atom stereocenters. The summed E-state index contributed by atoms with van der Waals surface area (Å²) in [6.07, 6.45) is 93.2. The Labute approximate surface area is 487 Å². The lowest BCUT2D eigenvalue weighted by molar-refractivity contribution is -0.167. The van der Waals surface area contributed by atoms with Gasteiger partial charge in [0.15, 0.2) is 6.10 Å². The van der Waals surface area contributed by atoms with Crippen LogP contribution in [-0.4, -0.2) is 37.2 Å². The quantitative estimate of drug-likeness (QED) is 0.0261. The van der Waals surface area contributed by atoms with Crippen molar-refractivity contribution in [3.8, 4) is 0 Å². The molecule has 0 heterocycles. The predicted octanol–water partition coefficient (Wildman–Crippen LogP) is 22.5. The van der Waals surface area contributed by atoms with Crippen LogP contribution in [0.1, 0.15) is 290 Å². The Balaban J connectivity index is 4.39. The summed E-state index contributed by atoms with van der Waals surface area (Å²) in [5, 5.41) is 0. The first-order valence-electron chi connectivity index (χ1n) is 32.7. The minimum Gasteiger partial charge on any atom is -0.462 e. The van der Waals surface area contributed by atoms with Crippen molar-refractivity contribution in [1.29, 1.82) is 0 Å². The van der Waals surface area contributed by atoms with Crippen LogP contribution in [0.3, 0.4) is 0 Å². The van der Waals surface area contributed by atoms with Gasteiger partial charge in [-0.25, -0.2) is 0 Å². The molecule has 0 aliphatic rings. The van der Waals surface area contributed by atoms with Gasteiger partial charge in [-0.15, -0.1) is 0 Å². The third-order valence-electron chi connectivity index (χ3n) is 13.6. The van der Waals surface area contributed by atoms with Gasteiger partial charge in [-0.05, 0) is 135 Å². The average molecular weight is 1090 g/mol. The number of allylic oxidation sites excluding steroid dienone is 22. The number of rotatable bonds is 58. The highest BCUT2D eigenvalue weighted by molar-refractivity contribution is 5.71. The minimum atomic E-state index is -0.804. The molecule has 0 N–H and O–H groups in total. The van der Waals surface area contributed by atoms with E-state index in [1.165, 1.54) is 109 Å². The Kier molecular flexibility index (Phi) is 62.3. The van der Waals surface area contributed by atoms with Gasteiger partial charge in [0.1, 0.15) is 13.2 Å². The van der Waals surface area contributed by atoms with Crippen LogP contribution in [0.4, 0.5) is 0 Å². The predicted molar refractivity (Wildman–Crippen MR) is 343 cm³/mol. The monoisotopic (exact) mass is 1090 g/mol. The van der Waals surface area contributed by atoms with Crippen molar-refractivity contribution in [2.75, 3.05) is 13.2 Å². The maximum absolute atomic E-state index is 12.9. The zero-order valence-corrected chi connectivity index (χ0v) is 51.3. The fraction of sp³-hybridized carbons (Fsp3) is 0.658. The van der Waals surface area contributed by atoms with Crippen molar-refractivity contribution in [2.24, 2.45) is 0 Å². The smallest absolute Gasteiger partial charge is 0.306 e.